The van der Waals surface area contributed by atoms with Crippen LogP contribution in [-0.4, -0.2) is 13.2 Å². The van der Waals surface area contributed by atoms with Gasteiger partial charge in [0.2, 0.25) is 0 Å². The van der Waals surface area contributed by atoms with Gasteiger partial charge in [-0.25, -0.2) is 0 Å². The molecule has 0 heterocycles. The normalized spacial score (nSPS) is 12.4. The number of ether oxygens (including phenoxy) is 1. The van der Waals surface area contributed by atoms with Crippen molar-refractivity contribution in [3.63, 3.8) is 0 Å². The van der Waals surface area contributed by atoms with Crippen molar-refractivity contribution in [1.82, 2.24) is 0 Å². The molecule has 2 nitrogen and oxygen atoms in total. The highest BCUT2D eigenvalue weighted by Gasteiger charge is 2.13. The van der Waals surface area contributed by atoms with E-state index in [1.54, 1.807) is 0 Å². The lowest BCUT2D eigenvalue weighted by Crippen LogP contribution is -2.06. The van der Waals surface area contributed by atoms with Crippen molar-refractivity contribution in [2.24, 2.45) is 5.73 Å². The van der Waals surface area contributed by atoms with E-state index in [1.807, 2.05) is 6.92 Å². The molecule has 0 fully saturated rings. The van der Waals surface area contributed by atoms with Crippen LogP contribution in [0, 0.1) is 0 Å². The third-order valence-corrected chi connectivity index (χ3v) is 3.50. The minimum atomic E-state index is 0.638. The molecule has 1 aromatic rings. The molecule has 0 saturated heterocycles. The van der Waals surface area contributed by atoms with E-state index in [9.17, 15) is 0 Å². The summed E-state index contributed by atoms with van der Waals surface area (Å²) < 4.78 is 5.58. The standard InChI is InChI=1S/C16H27NO/c1-4-13(8-7-11-17)16-10-9-15(18-6-3)12-14(16)5-2/h9-10,12-13H,4-8,11,17H2,1-3H3. The number of hydrogen-bond acceptors (Lipinski definition) is 2. The lowest BCUT2D eigenvalue weighted by molar-refractivity contribution is 0.339. The second kappa shape index (κ2) is 8.15. The zero-order valence-electron chi connectivity index (χ0n) is 12.0. The van der Waals surface area contributed by atoms with Gasteiger partial charge in [-0.3, -0.25) is 0 Å². The Morgan fingerprint density at radius 1 is 1.22 bits per heavy atom. The molecule has 18 heavy (non-hydrogen) atoms. The van der Waals surface area contributed by atoms with Gasteiger partial charge in [0.05, 0.1) is 6.61 Å². The molecule has 0 aromatic heterocycles. The Hall–Kier alpha value is -1.02. The van der Waals surface area contributed by atoms with E-state index in [4.69, 9.17) is 10.5 Å². The third-order valence-electron chi connectivity index (χ3n) is 3.50. The third kappa shape index (κ3) is 4.02. The zero-order chi connectivity index (χ0) is 13.4. The van der Waals surface area contributed by atoms with Gasteiger partial charge < -0.3 is 10.5 Å². The Kier molecular flexibility index (Phi) is 6.81. The van der Waals surface area contributed by atoms with E-state index in [-0.39, 0.29) is 0 Å². The smallest absolute Gasteiger partial charge is 0.119 e. The molecular weight excluding hydrogens is 222 g/mol. The summed E-state index contributed by atoms with van der Waals surface area (Å²) in [6.45, 7) is 8.01. The molecular formula is C16H27NO. The summed E-state index contributed by atoms with van der Waals surface area (Å²) in [5, 5.41) is 0. The Balaban J connectivity index is 2.91. The second-order valence-electron chi connectivity index (χ2n) is 4.68. The summed E-state index contributed by atoms with van der Waals surface area (Å²) in [5.41, 5.74) is 8.53. The predicted octanol–water partition coefficient (Wildman–Crippen LogP) is 3.88. The first-order chi connectivity index (χ1) is 8.76. The molecule has 0 aliphatic heterocycles. The molecule has 102 valence electrons. The average molecular weight is 249 g/mol. The van der Waals surface area contributed by atoms with Crippen LogP contribution in [0.15, 0.2) is 18.2 Å². The topological polar surface area (TPSA) is 35.2 Å². The molecule has 1 atom stereocenters. The Morgan fingerprint density at radius 2 is 2.00 bits per heavy atom. The summed E-state index contributed by atoms with van der Waals surface area (Å²) >= 11 is 0. The highest BCUT2D eigenvalue weighted by atomic mass is 16.5. The number of aryl methyl sites for hydroxylation is 1. The minimum absolute atomic E-state index is 0.638. The first-order valence-electron chi connectivity index (χ1n) is 7.22. The first-order valence-corrected chi connectivity index (χ1v) is 7.22. The molecule has 0 amide bonds. The van der Waals surface area contributed by atoms with Crippen molar-refractivity contribution in [2.45, 2.75) is 52.4 Å². The SMILES string of the molecule is CCOc1ccc(C(CC)CCCN)c(CC)c1. The van der Waals surface area contributed by atoms with Crippen LogP contribution in [0.25, 0.3) is 0 Å². The van der Waals surface area contributed by atoms with Gasteiger partial charge in [-0.2, -0.15) is 0 Å². The second-order valence-corrected chi connectivity index (χ2v) is 4.68. The molecule has 0 spiro atoms. The predicted molar refractivity (Wildman–Crippen MR) is 78.3 cm³/mol. The van der Waals surface area contributed by atoms with E-state index in [0.717, 1.165) is 31.7 Å². The van der Waals surface area contributed by atoms with Crippen molar-refractivity contribution in [3.8, 4) is 5.75 Å². The Morgan fingerprint density at radius 3 is 2.56 bits per heavy atom. The fourth-order valence-corrected chi connectivity index (χ4v) is 2.49. The highest BCUT2D eigenvalue weighted by molar-refractivity contribution is 5.37. The lowest BCUT2D eigenvalue weighted by Gasteiger charge is -2.19. The van der Waals surface area contributed by atoms with E-state index < -0.39 is 0 Å². The zero-order valence-corrected chi connectivity index (χ0v) is 12.0. The fourth-order valence-electron chi connectivity index (χ4n) is 2.49. The molecule has 0 saturated carbocycles. The summed E-state index contributed by atoms with van der Waals surface area (Å²) in [7, 11) is 0. The van der Waals surface area contributed by atoms with Crippen LogP contribution in [0.4, 0.5) is 0 Å². The van der Waals surface area contributed by atoms with Gasteiger partial charge in [-0.05, 0) is 68.3 Å². The van der Waals surface area contributed by atoms with Gasteiger partial charge in [0.15, 0.2) is 0 Å². The maximum absolute atomic E-state index is 5.62. The summed E-state index contributed by atoms with van der Waals surface area (Å²) in [6, 6.07) is 6.54. The number of benzene rings is 1. The Bertz CT molecular complexity index is 349. The van der Waals surface area contributed by atoms with Crippen molar-refractivity contribution in [2.75, 3.05) is 13.2 Å². The van der Waals surface area contributed by atoms with Crippen molar-refractivity contribution < 1.29 is 4.74 Å². The molecule has 1 unspecified atom stereocenters. The lowest BCUT2D eigenvalue weighted by atomic mass is 9.87. The molecule has 2 N–H and O–H groups in total. The maximum atomic E-state index is 5.62. The summed E-state index contributed by atoms with van der Waals surface area (Å²) in [4.78, 5) is 0. The van der Waals surface area contributed by atoms with Gasteiger partial charge in [0.1, 0.15) is 5.75 Å². The van der Waals surface area contributed by atoms with Crippen molar-refractivity contribution >= 4 is 0 Å². The summed E-state index contributed by atoms with van der Waals surface area (Å²) in [5.74, 6) is 1.63. The van der Waals surface area contributed by atoms with Gasteiger partial charge in [-0.1, -0.05) is 19.9 Å². The summed E-state index contributed by atoms with van der Waals surface area (Å²) in [6.07, 6.45) is 4.54. The van der Waals surface area contributed by atoms with Crippen LogP contribution in [0.1, 0.15) is 57.1 Å². The van der Waals surface area contributed by atoms with Crippen LogP contribution in [0.5, 0.6) is 5.75 Å². The largest absolute Gasteiger partial charge is 0.494 e. The molecule has 1 rings (SSSR count). The highest BCUT2D eigenvalue weighted by Crippen LogP contribution is 2.30. The van der Waals surface area contributed by atoms with Crippen LogP contribution in [-0.2, 0) is 6.42 Å². The van der Waals surface area contributed by atoms with E-state index in [1.165, 1.54) is 24.0 Å². The van der Waals surface area contributed by atoms with Crippen molar-refractivity contribution in [1.29, 1.82) is 0 Å². The molecule has 2 heteroatoms. The Labute approximate surface area is 112 Å². The van der Waals surface area contributed by atoms with E-state index in [2.05, 4.69) is 32.0 Å². The maximum Gasteiger partial charge on any atom is 0.119 e. The average Bonchev–Trinajstić information content (AvgIpc) is 2.41. The van der Waals surface area contributed by atoms with Crippen LogP contribution < -0.4 is 10.5 Å². The van der Waals surface area contributed by atoms with Crippen molar-refractivity contribution in [3.05, 3.63) is 29.3 Å². The van der Waals surface area contributed by atoms with Gasteiger partial charge in [0, 0.05) is 0 Å². The van der Waals surface area contributed by atoms with Gasteiger partial charge in [0.25, 0.3) is 0 Å². The first kappa shape index (κ1) is 15.0. The van der Waals surface area contributed by atoms with Crippen LogP contribution in [0.2, 0.25) is 0 Å². The molecule has 1 aromatic carbocycles. The van der Waals surface area contributed by atoms with E-state index in [0.29, 0.717) is 5.92 Å². The molecule has 0 aliphatic carbocycles. The number of rotatable bonds is 8. The van der Waals surface area contributed by atoms with Crippen LogP contribution >= 0.6 is 0 Å². The number of nitrogens with two attached hydrogens (primary N) is 1. The van der Waals surface area contributed by atoms with Gasteiger partial charge >= 0.3 is 0 Å². The monoisotopic (exact) mass is 249 g/mol. The fraction of sp³-hybridized carbons (Fsp3) is 0.625. The molecule has 0 radical (unpaired) electrons. The molecule has 0 bridgehead atoms. The molecule has 0 aliphatic rings. The van der Waals surface area contributed by atoms with Gasteiger partial charge in [-0.15, -0.1) is 0 Å². The van der Waals surface area contributed by atoms with Crippen LogP contribution in [0.3, 0.4) is 0 Å². The quantitative estimate of drug-likeness (QED) is 0.759. The van der Waals surface area contributed by atoms with E-state index >= 15 is 0 Å². The minimum Gasteiger partial charge on any atom is -0.494 e. The number of hydrogen-bond donors (Lipinski definition) is 1.